The van der Waals surface area contributed by atoms with Crippen molar-refractivity contribution in [2.45, 2.75) is 0 Å². The Morgan fingerprint density at radius 2 is 2.00 bits per heavy atom. The van der Waals surface area contributed by atoms with Crippen molar-refractivity contribution < 1.29 is 14.3 Å². The van der Waals surface area contributed by atoms with Crippen LogP contribution in [0.25, 0.3) is 0 Å². The van der Waals surface area contributed by atoms with E-state index in [1.807, 2.05) is 12.2 Å². The van der Waals surface area contributed by atoms with Gasteiger partial charge in [-0.05, 0) is 24.3 Å². The normalized spacial score (nSPS) is 10.4. The molecule has 1 rings (SSSR count). The lowest BCUT2D eigenvalue weighted by Gasteiger charge is -2.03. The number of hydrogen-bond donors (Lipinski definition) is 0. The summed E-state index contributed by atoms with van der Waals surface area (Å²) in [5.74, 6) is 0.387. The summed E-state index contributed by atoms with van der Waals surface area (Å²) < 4.78 is 10.0. The van der Waals surface area contributed by atoms with Gasteiger partial charge in [0.25, 0.3) is 0 Å². The van der Waals surface area contributed by atoms with Crippen LogP contribution in [-0.2, 0) is 4.74 Å². The van der Waals surface area contributed by atoms with Crippen molar-refractivity contribution in [2.24, 2.45) is 0 Å². The van der Waals surface area contributed by atoms with E-state index in [1.165, 1.54) is 7.11 Å². The molecule has 1 aromatic rings. The fourth-order valence-corrected chi connectivity index (χ4v) is 1.34. The Labute approximate surface area is 103 Å². The van der Waals surface area contributed by atoms with Crippen molar-refractivity contribution in [3.63, 3.8) is 0 Å². The van der Waals surface area contributed by atoms with Gasteiger partial charge in [-0.1, -0.05) is 28.1 Å². The van der Waals surface area contributed by atoms with Crippen molar-refractivity contribution in [3.8, 4) is 5.75 Å². The van der Waals surface area contributed by atoms with Gasteiger partial charge in [-0.25, -0.2) is 4.79 Å². The molecule has 0 aliphatic rings. The van der Waals surface area contributed by atoms with Gasteiger partial charge in [0.1, 0.15) is 12.4 Å². The van der Waals surface area contributed by atoms with Crippen LogP contribution in [0.15, 0.2) is 36.4 Å². The van der Waals surface area contributed by atoms with E-state index in [9.17, 15) is 4.79 Å². The third kappa shape index (κ3) is 4.06. The molecule has 0 aromatic heterocycles. The number of esters is 1. The van der Waals surface area contributed by atoms with Crippen LogP contribution in [0.4, 0.5) is 0 Å². The molecule has 1 aromatic carbocycles. The van der Waals surface area contributed by atoms with Crippen LogP contribution in [0.3, 0.4) is 0 Å². The molecule has 0 unspecified atom stereocenters. The highest BCUT2D eigenvalue weighted by Crippen LogP contribution is 2.12. The first-order valence-corrected chi connectivity index (χ1v) is 5.92. The number of rotatable bonds is 5. The fourth-order valence-electron chi connectivity index (χ4n) is 1.08. The second-order valence-electron chi connectivity index (χ2n) is 2.95. The Balaban J connectivity index is 2.51. The predicted molar refractivity (Wildman–Crippen MR) is 66.2 cm³/mol. The van der Waals surface area contributed by atoms with Gasteiger partial charge in [-0.3, -0.25) is 0 Å². The van der Waals surface area contributed by atoms with Crippen molar-refractivity contribution in [1.82, 2.24) is 0 Å². The third-order valence-electron chi connectivity index (χ3n) is 1.88. The number of benzene rings is 1. The van der Waals surface area contributed by atoms with Crippen molar-refractivity contribution in [2.75, 3.05) is 19.0 Å². The molecule has 0 spiro atoms. The first-order valence-electron chi connectivity index (χ1n) is 4.80. The number of halogens is 1. The number of carbonyl (C=O) groups is 1. The third-order valence-corrected chi connectivity index (χ3v) is 2.25. The van der Waals surface area contributed by atoms with Crippen LogP contribution < -0.4 is 4.74 Å². The number of methoxy groups -OCH3 is 1. The lowest BCUT2D eigenvalue weighted by atomic mass is 10.2. The maximum atomic E-state index is 11.1. The van der Waals surface area contributed by atoms with Gasteiger partial charge in [-0.2, -0.15) is 0 Å². The number of ether oxygens (including phenoxy) is 2. The summed E-state index contributed by atoms with van der Waals surface area (Å²) in [4.78, 5) is 11.1. The highest BCUT2D eigenvalue weighted by Gasteiger charge is 2.03. The average molecular weight is 285 g/mol. The van der Waals surface area contributed by atoms with Crippen molar-refractivity contribution in [1.29, 1.82) is 0 Å². The topological polar surface area (TPSA) is 35.5 Å². The first-order chi connectivity index (χ1) is 7.77. The van der Waals surface area contributed by atoms with Gasteiger partial charge in [0.05, 0.1) is 12.7 Å². The standard InChI is InChI=1S/C12H13BrO3/c1-15-12(14)10-4-6-11(7-5-10)16-9-3-2-8-13/h2-7H,8-9H2,1H3. The minimum atomic E-state index is -0.342. The molecule has 16 heavy (non-hydrogen) atoms. The van der Waals surface area contributed by atoms with Gasteiger partial charge in [0.2, 0.25) is 0 Å². The molecule has 0 saturated carbocycles. The molecular weight excluding hydrogens is 272 g/mol. The molecule has 0 amide bonds. The van der Waals surface area contributed by atoms with Gasteiger partial charge in [-0.15, -0.1) is 0 Å². The zero-order chi connectivity index (χ0) is 11.8. The summed E-state index contributed by atoms with van der Waals surface area (Å²) in [5.41, 5.74) is 0.519. The van der Waals surface area contributed by atoms with Gasteiger partial charge in [0.15, 0.2) is 0 Å². The number of allylic oxidation sites excluding steroid dienone is 1. The fraction of sp³-hybridized carbons (Fsp3) is 0.250. The van der Waals surface area contributed by atoms with E-state index < -0.39 is 0 Å². The Morgan fingerprint density at radius 1 is 1.31 bits per heavy atom. The molecular formula is C12H13BrO3. The van der Waals surface area contributed by atoms with E-state index in [1.54, 1.807) is 24.3 Å². The van der Waals surface area contributed by atoms with E-state index in [4.69, 9.17) is 4.74 Å². The summed E-state index contributed by atoms with van der Waals surface area (Å²) in [6.07, 6.45) is 3.88. The quantitative estimate of drug-likeness (QED) is 0.474. The molecule has 4 heteroatoms. The zero-order valence-corrected chi connectivity index (χ0v) is 10.6. The zero-order valence-electron chi connectivity index (χ0n) is 8.98. The van der Waals surface area contributed by atoms with Crippen molar-refractivity contribution >= 4 is 21.9 Å². The van der Waals surface area contributed by atoms with E-state index in [2.05, 4.69) is 20.7 Å². The summed E-state index contributed by atoms with van der Waals surface area (Å²) >= 11 is 3.28. The minimum absolute atomic E-state index is 0.342. The molecule has 0 N–H and O–H groups in total. The smallest absolute Gasteiger partial charge is 0.337 e. The van der Waals surface area contributed by atoms with Gasteiger partial charge >= 0.3 is 5.97 Å². The Hall–Kier alpha value is -1.29. The Bertz CT molecular complexity index is 357. The Morgan fingerprint density at radius 3 is 2.56 bits per heavy atom. The molecule has 0 aliphatic heterocycles. The first kappa shape index (κ1) is 12.8. The second-order valence-corrected chi connectivity index (χ2v) is 3.60. The molecule has 0 fully saturated rings. The van der Waals surface area contributed by atoms with Crippen LogP contribution in [-0.4, -0.2) is 25.0 Å². The highest BCUT2D eigenvalue weighted by molar-refractivity contribution is 9.09. The number of carbonyl (C=O) groups excluding carboxylic acids is 1. The second kappa shape index (κ2) is 7.06. The monoisotopic (exact) mass is 284 g/mol. The maximum absolute atomic E-state index is 11.1. The molecule has 0 saturated heterocycles. The molecule has 3 nitrogen and oxygen atoms in total. The van der Waals surface area contributed by atoms with Crippen LogP contribution in [0.2, 0.25) is 0 Å². The van der Waals surface area contributed by atoms with E-state index in [0.717, 1.165) is 11.1 Å². The number of alkyl halides is 1. The van der Waals surface area contributed by atoms with Crippen molar-refractivity contribution in [3.05, 3.63) is 42.0 Å². The Kier molecular flexibility index (Phi) is 5.64. The SMILES string of the molecule is COC(=O)c1ccc(OCC=CCBr)cc1. The van der Waals surface area contributed by atoms with Crippen LogP contribution >= 0.6 is 15.9 Å². The molecule has 0 radical (unpaired) electrons. The van der Waals surface area contributed by atoms with E-state index >= 15 is 0 Å². The number of hydrogen-bond acceptors (Lipinski definition) is 3. The van der Waals surface area contributed by atoms with Gasteiger partial charge in [0, 0.05) is 5.33 Å². The average Bonchev–Trinajstić information content (AvgIpc) is 2.34. The molecule has 86 valence electrons. The summed E-state index contributed by atoms with van der Waals surface area (Å²) in [6.45, 7) is 0.517. The lowest BCUT2D eigenvalue weighted by Crippen LogP contribution is -2.01. The van der Waals surface area contributed by atoms with E-state index in [0.29, 0.717) is 12.2 Å². The molecule has 0 heterocycles. The van der Waals surface area contributed by atoms with Crippen LogP contribution in [0.5, 0.6) is 5.75 Å². The summed E-state index contributed by atoms with van der Waals surface area (Å²) in [5, 5.41) is 0.817. The van der Waals surface area contributed by atoms with Crippen LogP contribution in [0, 0.1) is 0 Å². The van der Waals surface area contributed by atoms with Gasteiger partial charge < -0.3 is 9.47 Å². The largest absolute Gasteiger partial charge is 0.490 e. The predicted octanol–water partition coefficient (Wildman–Crippen LogP) is 2.80. The highest BCUT2D eigenvalue weighted by atomic mass is 79.9. The molecule has 0 bridgehead atoms. The lowest BCUT2D eigenvalue weighted by molar-refractivity contribution is 0.0600. The molecule has 0 aliphatic carbocycles. The maximum Gasteiger partial charge on any atom is 0.337 e. The summed E-state index contributed by atoms with van der Waals surface area (Å²) in [7, 11) is 1.36. The minimum Gasteiger partial charge on any atom is -0.490 e. The van der Waals surface area contributed by atoms with E-state index in [-0.39, 0.29) is 5.97 Å². The van der Waals surface area contributed by atoms with Crippen LogP contribution in [0.1, 0.15) is 10.4 Å². The molecule has 0 atom stereocenters. The summed E-state index contributed by atoms with van der Waals surface area (Å²) in [6, 6.07) is 6.84.